The third-order valence-corrected chi connectivity index (χ3v) is 3.00. The van der Waals surface area contributed by atoms with Gasteiger partial charge in [0.1, 0.15) is 0 Å². The monoisotopic (exact) mass is 207 g/mol. The van der Waals surface area contributed by atoms with Gasteiger partial charge >= 0.3 is 0 Å². The Bertz CT molecular complexity index is 296. The first-order valence-electron chi connectivity index (χ1n) is 5.35. The summed E-state index contributed by atoms with van der Waals surface area (Å²) < 4.78 is 5.25. The number of nitrogens with two attached hydrogens (primary N) is 1. The minimum Gasteiger partial charge on any atom is -0.391 e. The van der Waals surface area contributed by atoms with E-state index >= 15 is 0 Å². The SMILES string of the molecule is NC(c1ccccc1)C(O)C1CCOC1. The second kappa shape index (κ2) is 4.75. The minimum absolute atomic E-state index is 0.181. The summed E-state index contributed by atoms with van der Waals surface area (Å²) in [7, 11) is 0. The Kier molecular flexibility index (Phi) is 3.36. The number of aliphatic hydroxyl groups excluding tert-OH is 1. The highest BCUT2D eigenvalue weighted by Gasteiger charge is 2.29. The number of rotatable bonds is 3. The van der Waals surface area contributed by atoms with Gasteiger partial charge in [0.05, 0.1) is 18.8 Å². The van der Waals surface area contributed by atoms with Crippen molar-refractivity contribution in [2.45, 2.75) is 18.6 Å². The maximum Gasteiger partial charge on any atom is 0.0783 e. The van der Waals surface area contributed by atoms with Crippen molar-refractivity contribution in [2.75, 3.05) is 13.2 Å². The van der Waals surface area contributed by atoms with Crippen LogP contribution in [-0.2, 0) is 4.74 Å². The van der Waals surface area contributed by atoms with Crippen molar-refractivity contribution < 1.29 is 9.84 Å². The van der Waals surface area contributed by atoms with Crippen LogP contribution < -0.4 is 5.73 Å². The number of hydrogen-bond acceptors (Lipinski definition) is 3. The Balaban J connectivity index is 2.03. The molecule has 3 heteroatoms. The van der Waals surface area contributed by atoms with Crippen LogP contribution in [0.15, 0.2) is 30.3 Å². The summed E-state index contributed by atoms with van der Waals surface area (Å²) in [5, 5.41) is 10.1. The molecular weight excluding hydrogens is 190 g/mol. The van der Waals surface area contributed by atoms with E-state index in [-0.39, 0.29) is 12.0 Å². The van der Waals surface area contributed by atoms with Crippen LogP contribution in [0.2, 0.25) is 0 Å². The number of hydrogen-bond donors (Lipinski definition) is 2. The summed E-state index contributed by atoms with van der Waals surface area (Å²) in [6.07, 6.45) is 0.400. The molecule has 1 saturated heterocycles. The number of aliphatic hydroxyl groups is 1. The highest BCUT2D eigenvalue weighted by Crippen LogP contribution is 2.25. The first-order chi connectivity index (χ1) is 7.29. The molecule has 3 N–H and O–H groups in total. The fraction of sp³-hybridized carbons (Fsp3) is 0.500. The van der Waals surface area contributed by atoms with E-state index < -0.39 is 6.10 Å². The van der Waals surface area contributed by atoms with Gasteiger partial charge in [-0.1, -0.05) is 30.3 Å². The summed E-state index contributed by atoms with van der Waals surface area (Å²) in [4.78, 5) is 0. The van der Waals surface area contributed by atoms with Gasteiger partial charge in [-0.25, -0.2) is 0 Å². The van der Waals surface area contributed by atoms with Crippen molar-refractivity contribution in [3.63, 3.8) is 0 Å². The molecule has 0 amide bonds. The van der Waals surface area contributed by atoms with E-state index in [1.807, 2.05) is 30.3 Å². The van der Waals surface area contributed by atoms with E-state index in [2.05, 4.69) is 0 Å². The van der Waals surface area contributed by atoms with Gasteiger partial charge < -0.3 is 15.6 Å². The highest BCUT2D eigenvalue weighted by molar-refractivity contribution is 5.19. The molecule has 1 aliphatic rings. The third kappa shape index (κ3) is 2.37. The van der Waals surface area contributed by atoms with E-state index in [0.717, 1.165) is 18.6 Å². The lowest BCUT2D eigenvalue weighted by atomic mass is 9.91. The number of ether oxygens (including phenoxy) is 1. The molecule has 0 spiro atoms. The van der Waals surface area contributed by atoms with Crippen LogP contribution in [0.4, 0.5) is 0 Å². The van der Waals surface area contributed by atoms with Crippen molar-refractivity contribution >= 4 is 0 Å². The molecule has 0 aliphatic carbocycles. The van der Waals surface area contributed by atoms with Gasteiger partial charge in [0, 0.05) is 12.5 Å². The zero-order chi connectivity index (χ0) is 10.7. The second-order valence-electron chi connectivity index (χ2n) is 4.05. The fourth-order valence-corrected chi connectivity index (χ4v) is 1.99. The fourth-order valence-electron chi connectivity index (χ4n) is 1.99. The standard InChI is InChI=1S/C12H17NO2/c13-11(9-4-2-1-3-5-9)12(14)10-6-7-15-8-10/h1-5,10-12,14H,6-8,13H2. The van der Waals surface area contributed by atoms with Gasteiger partial charge in [0.25, 0.3) is 0 Å². The Morgan fingerprint density at radius 1 is 1.33 bits per heavy atom. The van der Waals surface area contributed by atoms with Crippen molar-refractivity contribution in [3.8, 4) is 0 Å². The van der Waals surface area contributed by atoms with Crippen LogP contribution in [-0.4, -0.2) is 24.4 Å². The molecule has 1 heterocycles. The smallest absolute Gasteiger partial charge is 0.0783 e. The van der Waals surface area contributed by atoms with Gasteiger partial charge in [-0.15, -0.1) is 0 Å². The lowest BCUT2D eigenvalue weighted by molar-refractivity contribution is 0.0705. The zero-order valence-corrected chi connectivity index (χ0v) is 8.67. The summed E-state index contributed by atoms with van der Waals surface area (Å²) in [5.74, 6) is 0.181. The van der Waals surface area contributed by atoms with E-state index in [0.29, 0.717) is 6.61 Å². The maximum atomic E-state index is 10.1. The average Bonchev–Trinajstić information content (AvgIpc) is 2.82. The molecule has 0 aromatic heterocycles. The van der Waals surface area contributed by atoms with E-state index in [4.69, 9.17) is 10.5 Å². The molecule has 1 aromatic rings. The summed E-state index contributed by atoms with van der Waals surface area (Å²) >= 11 is 0. The Labute approximate surface area is 89.9 Å². The lowest BCUT2D eigenvalue weighted by Gasteiger charge is -2.23. The second-order valence-corrected chi connectivity index (χ2v) is 4.05. The molecule has 2 rings (SSSR count). The largest absolute Gasteiger partial charge is 0.391 e. The van der Waals surface area contributed by atoms with Crippen molar-refractivity contribution in [1.82, 2.24) is 0 Å². The van der Waals surface area contributed by atoms with Crippen LogP contribution in [0.25, 0.3) is 0 Å². The third-order valence-electron chi connectivity index (χ3n) is 3.00. The van der Waals surface area contributed by atoms with Crippen LogP contribution in [0.1, 0.15) is 18.0 Å². The first kappa shape index (κ1) is 10.6. The zero-order valence-electron chi connectivity index (χ0n) is 8.67. The predicted molar refractivity (Wildman–Crippen MR) is 58.3 cm³/mol. The van der Waals surface area contributed by atoms with E-state index in [1.165, 1.54) is 0 Å². The molecule has 0 radical (unpaired) electrons. The summed E-state index contributed by atoms with van der Waals surface area (Å²) in [6, 6.07) is 9.41. The van der Waals surface area contributed by atoms with E-state index in [1.54, 1.807) is 0 Å². The van der Waals surface area contributed by atoms with E-state index in [9.17, 15) is 5.11 Å². The van der Waals surface area contributed by atoms with Crippen molar-refractivity contribution in [2.24, 2.45) is 11.7 Å². The molecule has 3 unspecified atom stereocenters. The van der Waals surface area contributed by atoms with Gasteiger partial charge in [0.15, 0.2) is 0 Å². The van der Waals surface area contributed by atoms with Crippen LogP contribution >= 0.6 is 0 Å². The minimum atomic E-state index is -0.505. The molecular formula is C12H17NO2. The van der Waals surface area contributed by atoms with Gasteiger partial charge in [0.2, 0.25) is 0 Å². The topological polar surface area (TPSA) is 55.5 Å². The molecule has 1 aliphatic heterocycles. The van der Waals surface area contributed by atoms with Crippen molar-refractivity contribution in [1.29, 1.82) is 0 Å². The molecule has 1 fully saturated rings. The molecule has 1 aromatic carbocycles. The summed E-state index contributed by atoms with van der Waals surface area (Å²) in [5.41, 5.74) is 7.00. The quantitative estimate of drug-likeness (QED) is 0.780. The van der Waals surface area contributed by atoms with Crippen LogP contribution in [0.3, 0.4) is 0 Å². The first-order valence-corrected chi connectivity index (χ1v) is 5.35. The number of benzene rings is 1. The van der Waals surface area contributed by atoms with Crippen LogP contribution in [0, 0.1) is 5.92 Å². The Morgan fingerprint density at radius 3 is 2.67 bits per heavy atom. The Hall–Kier alpha value is -0.900. The van der Waals surface area contributed by atoms with Crippen molar-refractivity contribution in [3.05, 3.63) is 35.9 Å². The van der Waals surface area contributed by atoms with Gasteiger partial charge in [-0.2, -0.15) is 0 Å². The molecule has 3 atom stereocenters. The average molecular weight is 207 g/mol. The molecule has 3 nitrogen and oxygen atoms in total. The lowest BCUT2D eigenvalue weighted by Crippen LogP contribution is -2.33. The highest BCUT2D eigenvalue weighted by atomic mass is 16.5. The molecule has 0 saturated carbocycles. The predicted octanol–water partition coefficient (Wildman–Crippen LogP) is 1.08. The molecule has 82 valence electrons. The van der Waals surface area contributed by atoms with Gasteiger partial charge in [-0.3, -0.25) is 0 Å². The summed E-state index contributed by atoms with van der Waals surface area (Å²) in [6.45, 7) is 1.37. The van der Waals surface area contributed by atoms with Gasteiger partial charge in [-0.05, 0) is 12.0 Å². The maximum absolute atomic E-state index is 10.1. The normalized spacial score (nSPS) is 25.1. The molecule has 0 bridgehead atoms. The molecule has 15 heavy (non-hydrogen) atoms. The Morgan fingerprint density at radius 2 is 2.07 bits per heavy atom. The van der Waals surface area contributed by atoms with Crippen LogP contribution in [0.5, 0.6) is 0 Å².